The van der Waals surface area contributed by atoms with Gasteiger partial charge in [0.15, 0.2) is 11.5 Å². The number of carbonyl (C=O) groups is 2. The lowest BCUT2D eigenvalue weighted by atomic mass is 10.1. The summed E-state index contributed by atoms with van der Waals surface area (Å²) < 4.78 is 11.0. The maximum absolute atomic E-state index is 11.9. The minimum Gasteiger partial charge on any atom is -0.486 e. The third-order valence-corrected chi connectivity index (χ3v) is 4.05. The van der Waals surface area contributed by atoms with Crippen LogP contribution in [0.1, 0.15) is 32.8 Å². The average molecular weight is 349 g/mol. The van der Waals surface area contributed by atoms with Crippen LogP contribution >= 0.6 is 0 Å². The van der Waals surface area contributed by atoms with Crippen LogP contribution in [0.15, 0.2) is 18.2 Å². The van der Waals surface area contributed by atoms with Crippen LogP contribution in [-0.2, 0) is 11.2 Å². The molecule has 1 aliphatic rings. The van der Waals surface area contributed by atoms with Crippen LogP contribution in [0.5, 0.6) is 11.5 Å². The van der Waals surface area contributed by atoms with E-state index >= 15 is 0 Å². The molecule has 2 atom stereocenters. The van der Waals surface area contributed by atoms with Gasteiger partial charge < -0.3 is 25.4 Å². The molecule has 1 heterocycles. The van der Waals surface area contributed by atoms with E-state index in [1.165, 1.54) is 0 Å². The normalized spacial score (nSPS) is 15.0. The van der Waals surface area contributed by atoms with Crippen LogP contribution in [0.3, 0.4) is 0 Å². The third kappa shape index (κ3) is 5.85. The van der Waals surface area contributed by atoms with Gasteiger partial charge in [-0.05, 0) is 44.4 Å². The van der Waals surface area contributed by atoms with E-state index in [1.54, 1.807) is 6.92 Å². The van der Waals surface area contributed by atoms with Crippen molar-refractivity contribution in [3.05, 3.63) is 23.8 Å². The van der Waals surface area contributed by atoms with Gasteiger partial charge in [0, 0.05) is 12.6 Å². The van der Waals surface area contributed by atoms with E-state index in [9.17, 15) is 9.59 Å². The Labute approximate surface area is 148 Å². The zero-order valence-corrected chi connectivity index (χ0v) is 15.1. The summed E-state index contributed by atoms with van der Waals surface area (Å²) in [5, 5.41) is 8.24. The maximum Gasteiger partial charge on any atom is 0.315 e. The molecule has 7 heteroatoms. The van der Waals surface area contributed by atoms with Crippen molar-refractivity contribution in [3.8, 4) is 11.5 Å². The van der Waals surface area contributed by atoms with Gasteiger partial charge in [-0.25, -0.2) is 4.79 Å². The molecule has 0 bridgehead atoms. The predicted octanol–water partition coefficient (Wildman–Crippen LogP) is 1.60. The van der Waals surface area contributed by atoms with Crippen LogP contribution in [0, 0.1) is 0 Å². The Morgan fingerprint density at radius 1 is 1.12 bits per heavy atom. The highest BCUT2D eigenvalue weighted by molar-refractivity contribution is 5.86. The van der Waals surface area contributed by atoms with Crippen molar-refractivity contribution in [2.24, 2.45) is 0 Å². The van der Waals surface area contributed by atoms with Crippen molar-refractivity contribution in [1.82, 2.24) is 16.0 Å². The summed E-state index contributed by atoms with van der Waals surface area (Å²) in [5.74, 6) is 1.31. The number of hydrogen-bond donors (Lipinski definition) is 3. The Kier molecular flexibility index (Phi) is 6.91. The fraction of sp³-hybridized carbons (Fsp3) is 0.556. The van der Waals surface area contributed by atoms with Crippen LogP contribution in [0.2, 0.25) is 0 Å². The SMILES string of the molecule is CCC(C)NC(=O)C(C)NC(=O)NCCc1ccc2c(c1)OCCO2. The summed E-state index contributed by atoms with van der Waals surface area (Å²) >= 11 is 0. The van der Waals surface area contributed by atoms with Gasteiger partial charge in [0.2, 0.25) is 5.91 Å². The molecule has 25 heavy (non-hydrogen) atoms. The molecule has 0 saturated carbocycles. The second-order valence-corrected chi connectivity index (χ2v) is 6.17. The second-order valence-electron chi connectivity index (χ2n) is 6.17. The Bertz CT molecular complexity index is 606. The van der Waals surface area contributed by atoms with Gasteiger partial charge in [-0.3, -0.25) is 4.79 Å². The highest BCUT2D eigenvalue weighted by atomic mass is 16.6. The molecular weight excluding hydrogens is 322 g/mol. The predicted molar refractivity (Wildman–Crippen MR) is 95.0 cm³/mol. The molecule has 0 aromatic heterocycles. The number of fused-ring (bicyclic) bond motifs is 1. The molecule has 7 nitrogen and oxygen atoms in total. The van der Waals surface area contributed by atoms with E-state index < -0.39 is 6.04 Å². The van der Waals surface area contributed by atoms with Gasteiger partial charge in [-0.1, -0.05) is 13.0 Å². The fourth-order valence-corrected chi connectivity index (χ4v) is 2.35. The number of rotatable bonds is 7. The van der Waals surface area contributed by atoms with E-state index in [-0.39, 0.29) is 18.0 Å². The van der Waals surface area contributed by atoms with Crippen LogP contribution in [0.4, 0.5) is 4.79 Å². The first-order valence-electron chi connectivity index (χ1n) is 8.73. The number of ether oxygens (including phenoxy) is 2. The summed E-state index contributed by atoms with van der Waals surface area (Å²) in [7, 11) is 0. The number of hydrogen-bond acceptors (Lipinski definition) is 4. The molecule has 2 rings (SSSR count). The van der Waals surface area contributed by atoms with E-state index in [0.29, 0.717) is 26.2 Å². The van der Waals surface area contributed by atoms with Crippen molar-refractivity contribution in [3.63, 3.8) is 0 Å². The van der Waals surface area contributed by atoms with Gasteiger partial charge in [-0.15, -0.1) is 0 Å². The molecule has 1 aromatic rings. The van der Waals surface area contributed by atoms with E-state index in [1.807, 2.05) is 32.0 Å². The van der Waals surface area contributed by atoms with Gasteiger partial charge in [0.25, 0.3) is 0 Å². The third-order valence-electron chi connectivity index (χ3n) is 4.05. The second kappa shape index (κ2) is 9.15. The number of nitrogens with one attached hydrogen (secondary N) is 3. The standard InChI is InChI=1S/C18H27N3O4/c1-4-12(2)20-17(22)13(3)21-18(23)19-8-7-14-5-6-15-16(11-14)25-10-9-24-15/h5-6,11-13H,4,7-10H2,1-3H3,(H,20,22)(H2,19,21,23). The van der Waals surface area contributed by atoms with Crippen molar-refractivity contribution in [2.75, 3.05) is 19.8 Å². The first-order chi connectivity index (χ1) is 12.0. The number of amides is 3. The highest BCUT2D eigenvalue weighted by Crippen LogP contribution is 2.30. The summed E-state index contributed by atoms with van der Waals surface area (Å²) in [6.45, 7) is 7.17. The van der Waals surface area contributed by atoms with Gasteiger partial charge in [0.1, 0.15) is 19.3 Å². The zero-order chi connectivity index (χ0) is 18.2. The summed E-state index contributed by atoms with van der Waals surface area (Å²) in [4.78, 5) is 23.8. The Morgan fingerprint density at radius 2 is 1.84 bits per heavy atom. The molecule has 0 aliphatic carbocycles. The largest absolute Gasteiger partial charge is 0.486 e. The molecule has 3 amide bonds. The monoisotopic (exact) mass is 349 g/mol. The summed E-state index contributed by atoms with van der Waals surface area (Å²) in [6, 6.07) is 4.92. The van der Waals surface area contributed by atoms with Gasteiger partial charge >= 0.3 is 6.03 Å². The first-order valence-corrected chi connectivity index (χ1v) is 8.73. The molecule has 1 aromatic carbocycles. The number of urea groups is 1. The molecule has 0 spiro atoms. The van der Waals surface area contributed by atoms with E-state index in [4.69, 9.17) is 9.47 Å². The van der Waals surface area contributed by atoms with Crippen LogP contribution in [-0.4, -0.2) is 43.8 Å². The van der Waals surface area contributed by atoms with Crippen LogP contribution < -0.4 is 25.4 Å². The molecular formula is C18H27N3O4. The van der Waals surface area contributed by atoms with Gasteiger partial charge in [-0.2, -0.15) is 0 Å². The molecule has 2 unspecified atom stereocenters. The van der Waals surface area contributed by atoms with E-state index in [0.717, 1.165) is 23.5 Å². The molecule has 0 fully saturated rings. The lowest BCUT2D eigenvalue weighted by Crippen LogP contribution is -2.50. The van der Waals surface area contributed by atoms with Crippen molar-refractivity contribution in [2.45, 2.75) is 45.7 Å². The smallest absolute Gasteiger partial charge is 0.315 e. The zero-order valence-electron chi connectivity index (χ0n) is 15.1. The molecule has 0 saturated heterocycles. The van der Waals surface area contributed by atoms with Crippen LogP contribution in [0.25, 0.3) is 0 Å². The highest BCUT2D eigenvalue weighted by Gasteiger charge is 2.16. The van der Waals surface area contributed by atoms with Crippen molar-refractivity contribution in [1.29, 1.82) is 0 Å². The topological polar surface area (TPSA) is 88.7 Å². The molecule has 1 aliphatic heterocycles. The van der Waals surface area contributed by atoms with E-state index in [2.05, 4.69) is 16.0 Å². The number of benzene rings is 1. The molecule has 138 valence electrons. The van der Waals surface area contributed by atoms with Crippen molar-refractivity contribution < 1.29 is 19.1 Å². The summed E-state index contributed by atoms with van der Waals surface area (Å²) in [5.41, 5.74) is 1.05. The molecule has 3 N–H and O–H groups in total. The lowest BCUT2D eigenvalue weighted by Gasteiger charge is -2.19. The molecule has 0 radical (unpaired) electrons. The quantitative estimate of drug-likeness (QED) is 0.698. The summed E-state index contributed by atoms with van der Waals surface area (Å²) in [6.07, 6.45) is 1.51. The Hall–Kier alpha value is -2.44. The average Bonchev–Trinajstić information content (AvgIpc) is 2.61. The number of carbonyl (C=O) groups excluding carboxylic acids is 2. The van der Waals surface area contributed by atoms with Gasteiger partial charge in [0.05, 0.1) is 0 Å². The minimum absolute atomic E-state index is 0.0926. The fourth-order valence-electron chi connectivity index (χ4n) is 2.35. The Balaban J connectivity index is 1.72. The lowest BCUT2D eigenvalue weighted by molar-refractivity contribution is -0.123. The first kappa shape index (κ1) is 18.9. The van der Waals surface area contributed by atoms with Crippen molar-refractivity contribution >= 4 is 11.9 Å². The maximum atomic E-state index is 11.9. The Morgan fingerprint density at radius 3 is 2.56 bits per heavy atom. The minimum atomic E-state index is -0.580.